The van der Waals surface area contributed by atoms with Gasteiger partial charge in [0.2, 0.25) is 0 Å². The summed E-state index contributed by atoms with van der Waals surface area (Å²) in [5.74, 6) is 1.28. The van der Waals surface area contributed by atoms with Gasteiger partial charge in [0, 0.05) is 37.1 Å². The van der Waals surface area contributed by atoms with E-state index in [1.807, 2.05) is 12.1 Å². The van der Waals surface area contributed by atoms with Gasteiger partial charge < -0.3 is 24.5 Å². The highest BCUT2D eigenvalue weighted by molar-refractivity contribution is 5.74. The van der Waals surface area contributed by atoms with Gasteiger partial charge >= 0.3 is 6.03 Å². The van der Waals surface area contributed by atoms with Crippen molar-refractivity contribution in [3.8, 4) is 0 Å². The highest BCUT2D eigenvalue weighted by Gasteiger charge is 2.59. The fourth-order valence-electron chi connectivity index (χ4n) is 3.75. The molecule has 2 N–H and O–H groups in total. The Labute approximate surface area is 136 Å². The second kappa shape index (κ2) is 6.93. The van der Waals surface area contributed by atoms with Crippen LogP contribution in [0.25, 0.3) is 0 Å². The molecule has 23 heavy (non-hydrogen) atoms. The summed E-state index contributed by atoms with van der Waals surface area (Å²) in [6.45, 7) is 6.79. The number of furan rings is 1. The van der Waals surface area contributed by atoms with Gasteiger partial charge in [-0.05, 0) is 25.0 Å². The van der Waals surface area contributed by atoms with Gasteiger partial charge in [0.25, 0.3) is 0 Å². The van der Waals surface area contributed by atoms with Crippen molar-refractivity contribution in [1.82, 2.24) is 10.6 Å². The van der Waals surface area contributed by atoms with Crippen LogP contribution < -0.4 is 10.6 Å². The smallest absolute Gasteiger partial charge is 0.315 e. The van der Waals surface area contributed by atoms with E-state index in [4.69, 9.17) is 13.9 Å². The molecule has 128 valence electrons. The first-order chi connectivity index (χ1) is 11.1. The normalized spacial score (nSPS) is 28.0. The Morgan fingerprint density at radius 3 is 3.13 bits per heavy atom. The Hall–Kier alpha value is -1.53. The zero-order chi connectivity index (χ0) is 16.3. The van der Waals surface area contributed by atoms with Crippen LogP contribution >= 0.6 is 0 Å². The predicted octanol–water partition coefficient (Wildman–Crippen LogP) is 2.30. The molecule has 1 aromatic heterocycles. The van der Waals surface area contributed by atoms with Crippen LogP contribution in [0.15, 0.2) is 22.8 Å². The topological polar surface area (TPSA) is 72.7 Å². The van der Waals surface area contributed by atoms with E-state index in [1.165, 1.54) is 0 Å². The molecule has 2 amide bonds. The number of rotatable bonds is 7. The van der Waals surface area contributed by atoms with E-state index >= 15 is 0 Å². The highest BCUT2D eigenvalue weighted by Crippen LogP contribution is 2.51. The Morgan fingerprint density at radius 1 is 1.48 bits per heavy atom. The Kier molecular flexibility index (Phi) is 4.92. The van der Waals surface area contributed by atoms with Crippen molar-refractivity contribution < 1.29 is 18.7 Å². The number of fused-ring (bicyclic) bond motifs is 1. The molecule has 6 heteroatoms. The van der Waals surface area contributed by atoms with Crippen LogP contribution in [0, 0.1) is 11.3 Å². The lowest BCUT2D eigenvalue weighted by atomic mass is 9.57. The maximum atomic E-state index is 12.0. The monoisotopic (exact) mass is 322 g/mol. The van der Waals surface area contributed by atoms with Crippen molar-refractivity contribution in [2.24, 2.45) is 11.3 Å². The van der Waals surface area contributed by atoms with Gasteiger partial charge in [-0.3, -0.25) is 0 Å². The van der Waals surface area contributed by atoms with Crippen LogP contribution in [-0.2, 0) is 16.1 Å². The number of hydrogen-bond donors (Lipinski definition) is 2. The fourth-order valence-corrected chi connectivity index (χ4v) is 3.75. The Bertz CT molecular complexity index is 515. The Morgan fingerprint density at radius 2 is 2.35 bits per heavy atom. The lowest BCUT2D eigenvalue weighted by molar-refractivity contribution is -0.108. The third-order valence-corrected chi connectivity index (χ3v) is 4.96. The molecule has 0 bridgehead atoms. The summed E-state index contributed by atoms with van der Waals surface area (Å²) in [5.41, 5.74) is 0.0185. The van der Waals surface area contributed by atoms with Crippen LogP contribution in [0.5, 0.6) is 0 Å². The van der Waals surface area contributed by atoms with Gasteiger partial charge in [0.05, 0.1) is 12.4 Å². The summed E-state index contributed by atoms with van der Waals surface area (Å²) in [6, 6.07) is 3.82. The van der Waals surface area contributed by atoms with Gasteiger partial charge in [-0.2, -0.15) is 0 Å². The lowest BCUT2D eigenvalue weighted by Crippen LogP contribution is -2.67. The van der Waals surface area contributed by atoms with Crippen LogP contribution in [0.1, 0.15) is 32.4 Å². The summed E-state index contributed by atoms with van der Waals surface area (Å²) >= 11 is 0. The van der Waals surface area contributed by atoms with Crippen LogP contribution in [-0.4, -0.2) is 37.9 Å². The number of ether oxygens (including phenoxy) is 2. The quantitative estimate of drug-likeness (QED) is 0.756. The maximum absolute atomic E-state index is 12.0. The molecule has 0 spiro atoms. The van der Waals surface area contributed by atoms with Crippen molar-refractivity contribution in [2.45, 2.75) is 45.4 Å². The molecule has 1 aliphatic carbocycles. The number of urea groups is 1. The molecule has 2 heterocycles. The van der Waals surface area contributed by atoms with E-state index < -0.39 is 0 Å². The average molecular weight is 322 g/mol. The molecule has 0 unspecified atom stereocenters. The van der Waals surface area contributed by atoms with E-state index in [0.717, 1.165) is 25.2 Å². The molecule has 0 aromatic carbocycles. The van der Waals surface area contributed by atoms with Crippen molar-refractivity contribution >= 4 is 6.03 Å². The molecular weight excluding hydrogens is 296 g/mol. The van der Waals surface area contributed by atoms with Crippen molar-refractivity contribution in [2.75, 3.05) is 19.8 Å². The average Bonchev–Trinajstić information content (AvgIpc) is 3.18. The number of carbonyl (C=O) groups excluding carboxylic acids is 1. The van der Waals surface area contributed by atoms with E-state index in [1.54, 1.807) is 6.26 Å². The van der Waals surface area contributed by atoms with E-state index in [9.17, 15) is 4.79 Å². The van der Waals surface area contributed by atoms with E-state index in [0.29, 0.717) is 31.8 Å². The van der Waals surface area contributed by atoms with Crippen molar-refractivity contribution in [1.29, 1.82) is 0 Å². The number of hydrogen-bond acceptors (Lipinski definition) is 4. The third-order valence-electron chi connectivity index (χ3n) is 4.96. The molecule has 3 rings (SSSR count). The van der Waals surface area contributed by atoms with Gasteiger partial charge in [-0.15, -0.1) is 0 Å². The van der Waals surface area contributed by atoms with Crippen molar-refractivity contribution in [3.63, 3.8) is 0 Å². The second-order valence-electron chi connectivity index (χ2n) is 6.93. The predicted molar refractivity (Wildman–Crippen MR) is 84.9 cm³/mol. The molecular formula is C17H26N2O4. The number of nitrogens with one attached hydrogen (secondary N) is 2. The zero-order valence-corrected chi connectivity index (χ0v) is 13.8. The van der Waals surface area contributed by atoms with Crippen LogP contribution in [0.4, 0.5) is 4.79 Å². The van der Waals surface area contributed by atoms with Gasteiger partial charge in [-0.1, -0.05) is 13.8 Å². The Balaban J connectivity index is 1.28. The van der Waals surface area contributed by atoms with Crippen LogP contribution in [0.2, 0.25) is 0 Å². The number of amides is 2. The molecule has 1 aromatic rings. The maximum Gasteiger partial charge on any atom is 0.315 e. The van der Waals surface area contributed by atoms with Gasteiger partial charge in [0.15, 0.2) is 0 Å². The first kappa shape index (κ1) is 16.3. The first-order valence-electron chi connectivity index (χ1n) is 8.35. The molecule has 3 atom stereocenters. The molecule has 2 fully saturated rings. The van der Waals surface area contributed by atoms with E-state index in [-0.39, 0.29) is 17.5 Å². The van der Waals surface area contributed by atoms with Crippen molar-refractivity contribution in [3.05, 3.63) is 24.2 Å². The molecule has 1 aliphatic heterocycles. The van der Waals surface area contributed by atoms with Crippen LogP contribution in [0.3, 0.4) is 0 Å². The minimum absolute atomic E-state index is 0.0185. The van der Waals surface area contributed by atoms with Gasteiger partial charge in [0.1, 0.15) is 12.4 Å². The second-order valence-corrected chi connectivity index (χ2v) is 6.93. The number of carbonyl (C=O) groups is 1. The molecule has 1 saturated heterocycles. The third kappa shape index (κ3) is 3.53. The molecule has 6 nitrogen and oxygen atoms in total. The molecule has 0 radical (unpaired) electrons. The lowest BCUT2D eigenvalue weighted by Gasteiger charge is -2.54. The largest absolute Gasteiger partial charge is 0.467 e. The summed E-state index contributed by atoms with van der Waals surface area (Å²) in [5, 5.41) is 6.00. The minimum Gasteiger partial charge on any atom is -0.467 e. The fraction of sp³-hybridized carbons (Fsp3) is 0.706. The summed E-state index contributed by atoms with van der Waals surface area (Å²) in [4.78, 5) is 12.0. The summed E-state index contributed by atoms with van der Waals surface area (Å²) in [7, 11) is 0. The molecule has 1 saturated carbocycles. The SMILES string of the molecule is CC1(C)[C@@H](NC(=O)NCCCOCc2ccco2)[C@H]2CCO[C@@H]21. The minimum atomic E-state index is -0.0977. The van der Waals surface area contributed by atoms with Gasteiger partial charge in [-0.25, -0.2) is 4.79 Å². The first-order valence-corrected chi connectivity index (χ1v) is 8.35. The highest BCUT2D eigenvalue weighted by atomic mass is 16.5. The standard InChI is InChI=1S/C17H26N2O4/c1-17(2)14(13-6-10-23-15(13)17)19-16(20)18-7-4-8-21-11-12-5-3-9-22-12/h3,5,9,13-15H,4,6-8,10-11H2,1-2H3,(H2,18,19,20)/t13-,14+,15+/m1/s1. The summed E-state index contributed by atoms with van der Waals surface area (Å²) < 4.78 is 16.4. The molecule has 2 aliphatic rings. The summed E-state index contributed by atoms with van der Waals surface area (Å²) in [6.07, 6.45) is 3.74. The zero-order valence-electron chi connectivity index (χ0n) is 13.8. The van der Waals surface area contributed by atoms with E-state index in [2.05, 4.69) is 24.5 Å².